The number of nitro groups is 1. The third kappa shape index (κ3) is 3.04. The number of hydrogen-bond acceptors (Lipinski definition) is 5. The summed E-state index contributed by atoms with van der Waals surface area (Å²) in [6.07, 6.45) is 1.78. The molecule has 18 heavy (non-hydrogen) atoms. The van der Waals surface area contributed by atoms with E-state index in [1.807, 2.05) is 0 Å². The number of nitro benzene ring substituents is 1. The quantitative estimate of drug-likeness (QED) is 0.380. The number of esters is 1. The molecule has 0 amide bonds. The number of carbonyl (C=O) groups excluding carboxylic acids is 1. The molecule has 0 aliphatic carbocycles. The Morgan fingerprint density at radius 2 is 2.11 bits per heavy atom. The minimum atomic E-state index is -0.489. The molecule has 0 saturated carbocycles. The molecule has 1 N–H and O–H groups in total. The number of hydrogen-bond donors (Lipinski definition) is 1. The predicted octanol–water partition coefficient (Wildman–Crippen LogP) is 1.50. The highest BCUT2D eigenvalue weighted by Gasteiger charge is 2.22. The van der Waals surface area contributed by atoms with Gasteiger partial charge in [0.25, 0.3) is 5.69 Å². The van der Waals surface area contributed by atoms with Crippen molar-refractivity contribution in [3.8, 4) is 5.75 Å². The normalized spacial score (nSPS) is 19.2. The van der Waals surface area contributed by atoms with E-state index in [9.17, 15) is 14.9 Å². The number of rotatable bonds is 3. The molecule has 1 aromatic carbocycles. The van der Waals surface area contributed by atoms with E-state index in [1.54, 1.807) is 0 Å². The lowest BCUT2D eigenvalue weighted by Crippen LogP contribution is -2.36. The average Bonchev–Trinajstić information content (AvgIpc) is 2.40. The van der Waals surface area contributed by atoms with Crippen LogP contribution in [0.25, 0.3) is 0 Å². The van der Waals surface area contributed by atoms with Gasteiger partial charge in [-0.1, -0.05) is 0 Å². The van der Waals surface area contributed by atoms with Crippen molar-refractivity contribution < 1.29 is 14.5 Å². The van der Waals surface area contributed by atoms with Gasteiger partial charge in [0, 0.05) is 18.7 Å². The van der Waals surface area contributed by atoms with Crippen molar-refractivity contribution in [3.05, 3.63) is 34.4 Å². The maximum absolute atomic E-state index is 11.8. The zero-order valence-corrected chi connectivity index (χ0v) is 9.80. The van der Waals surface area contributed by atoms with Gasteiger partial charge in [0.2, 0.25) is 0 Å². The largest absolute Gasteiger partial charge is 0.426 e. The smallest absolute Gasteiger partial charge is 0.315 e. The second kappa shape index (κ2) is 5.59. The Kier molecular flexibility index (Phi) is 3.88. The van der Waals surface area contributed by atoms with E-state index in [0.717, 1.165) is 19.4 Å². The van der Waals surface area contributed by atoms with E-state index in [1.165, 1.54) is 24.3 Å². The minimum absolute atomic E-state index is 0.0193. The van der Waals surface area contributed by atoms with Crippen molar-refractivity contribution in [2.75, 3.05) is 13.1 Å². The van der Waals surface area contributed by atoms with Crippen molar-refractivity contribution >= 4 is 11.7 Å². The summed E-state index contributed by atoms with van der Waals surface area (Å²) < 4.78 is 5.19. The lowest BCUT2D eigenvalue weighted by Gasteiger charge is -2.20. The van der Waals surface area contributed by atoms with Gasteiger partial charge in [-0.2, -0.15) is 0 Å². The van der Waals surface area contributed by atoms with Gasteiger partial charge in [-0.3, -0.25) is 14.9 Å². The summed E-state index contributed by atoms with van der Waals surface area (Å²) in [4.78, 5) is 21.8. The SMILES string of the molecule is O=C(Oc1ccc([N+](=O)[O-])cc1)[C@H]1CCCNC1. The lowest BCUT2D eigenvalue weighted by molar-refractivity contribution is -0.384. The van der Waals surface area contributed by atoms with Crippen molar-refractivity contribution in [2.45, 2.75) is 12.8 Å². The molecular formula is C12H14N2O4. The molecule has 1 atom stereocenters. The van der Waals surface area contributed by atoms with Crippen LogP contribution >= 0.6 is 0 Å². The molecule has 1 saturated heterocycles. The lowest BCUT2D eigenvalue weighted by atomic mass is 10.0. The van der Waals surface area contributed by atoms with E-state index in [2.05, 4.69) is 5.32 Å². The Labute approximate surface area is 104 Å². The molecule has 2 rings (SSSR count). The maximum atomic E-state index is 11.8. The number of piperidine rings is 1. The third-order valence-corrected chi connectivity index (χ3v) is 2.90. The molecule has 0 unspecified atom stereocenters. The van der Waals surface area contributed by atoms with Crippen LogP contribution in [-0.4, -0.2) is 24.0 Å². The Morgan fingerprint density at radius 3 is 2.67 bits per heavy atom. The first-order valence-corrected chi connectivity index (χ1v) is 5.83. The molecule has 1 aliphatic heterocycles. The van der Waals surface area contributed by atoms with E-state index < -0.39 is 4.92 Å². The van der Waals surface area contributed by atoms with Crippen LogP contribution in [0.15, 0.2) is 24.3 Å². The predicted molar refractivity (Wildman–Crippen MR) is 64.3 cm³/mol. The Hall–Kier alpha value is -1.95. The number of non-ortho nitro benzene ring substituents is 1. The first-order valence-electron chi connectivity index (χ1n) is 5.83. The van der Waals surface area contributed by atoms with Crippen LogP contribution in [0, 0.1) is 16.0 Å². The van der Waals surface area contributed by atoms with Crippen LogP contribution in [0.4, 0.5) is 5.69 Å². The number of ether oxygens (including phenoxy) is 1. The Morgan fingerprint density at radius 1 is 1.39 bits per heavy atom. The molecule has 0 radical (unpaired) electrons. The van der Waals surface area contributed by atoms with Gasteiger partial charge >= 0.3 is 5.97 Å². The Balaban J connectivity index is 1.96. The highest BCUT2D eigenvalue weighted by Crippen LogP contribution is 2.19. The monoisotopic (exact) mass is 250 g/mol. The molecule has 1 aliphatic rings. The van der Waals surface area contributed by atoms with Gasteiger partial charge in [0.1, 0.15) is 5.75 Å². The minimum Gasteiger partial charge on any atom is -0.426 e. The molecule has 6 heteroatoms. The second-order valence-corrected chi connectivity index (χ2v) is 4.22. The summed E-state index contributed by atoms with van der Waals surface area (Å²) in [5.41, 5.74) is -0.0193. The number of nitrogens with one attached hydrogen (secondary N) is 1. The summed E-state index contributed by atoms with van der Waals surface area (Å²) in [5.74, 6) is -0.0684. The molecule has 1 fully saturated rings. The third-order valence-electron chi connectivity index (χ3n) is 2.90. The molecule has 1 heterocycles. The molecule has 0 bridgehead atoms. The second-order valence-electron chi connectivity index (χ2n) is 4.22. The molecular weight excluding hydrogens is 236 g/mol. The zero-order valence-electron chi connectivity index (χ0n) is 9.80. The summed E-state index contributed by atoms with van der Waals surface area (Å²) in [6.45, 7) is 1.56. The summed E-state index contributed by atoms with van der Waals surface area (Å²) in [7, 11) is 0. The summed E-state index contributed by atoms with van der Waals surface area (Å²) >= 11 is 0. The van der Waals surface area contributed by atoms with Crippen molar-refractivity contribution in [1.82, 2.24) is 5.32 Å². The van der Waals surface area contributed by atoms with Gasteiger partial charge in [-0.15, -0.1) is 0 Å². The fourth-order valence-electron chi connectivity index (χ4n) is 1.89. The van der Waals surface area contributed by atoms with Gasteiger partial charge in [-0.05, 0) is 31.5 Å². The first-order chi connectivity index (χ1) is 8.66. The highest BCUT2D eigenvalue weighted by atomic mass is 16.6. The van der Waals surface area contributed by atoms with Crippen LogP contribution in [0.3, 0.4) is 0 Å². The Bertz CT molecular complexity index is 438. The molecule has 1 aromatic rings. The number of benzene rings is 1. The van der Waals surface area contributed by atoms with E-state index in [0.29, 0.717) is 12.3 Å². The molecule has 96 valence electrons. The molecule has 6 nitrogen and oxygen atoms in total. The van der Waals surface area contributed by atoms with Gasteiger partial charge in [-0.25, -0.2) is 0 Å². The van der Waals surface area contributed by atoms with Crippen LogP contribution in [0.2, 0.25) is 0 Å². The van der Waals surface area contributed by atoms with Gasteiger partial charge in [0.05, 0.1) is 10.8 Å². The standard InChI is InChI=1S/C12H14N2O4/c15-12(9-2-1-7-13-8-9)18-11-5-3-10(4-6-11)14(16)17/h3-6,9,13H,1-2,7-8H2/t9-/m0/s1. The fourth-order valence-corrected chi connectivity index (χ4v) is 1.89. The topological polar surface area (TPSA) is 81.5 Å². The maximum Gasteiger partial charge on any atom is 0.315 e. The number of carbonyl (C=O) groups is 1. The average molecular weight is 250 g/mol. The van der Waals surface area contributed by atoms with Gasteiger partial charge in [0.15, 0.2) is 0 Å². The molecule has 0 spiro atoms. The zero-order chi connectivity index (χ0) is 13.0. The summed E-state index contributed by atoms with van der Waals surface area (Å²) in [5, 5.41) is 13.6. The van der Waals surface area contributed by atoms with Crippen LogP contribution in [0.1, 0.15) is 12.8 Å². The van der Waals surface area contributed by atoms with Crippen LogP contribution in [0.5, 0.6) is 5.75 Å². The van der Waals surface area contributed by atoms with E-state index in [-0.39, 0.29) is 17.6 Å². The number of nitrogens with zero attached hydrogens (tertiary/aromatic N) is 1. The van der Waals surface area contributed by atoms with E-state index in [4.69, 9.17) is 4.74 Å². The summed E-state index contributed by atoms with van der Waals surface area (Å²) in [6, 6.07) is 5.52. The first kappa shape index (κ1) is 12.5. The fraction of sp³-hybridized carbons (Fsp3) is 0.417. The van der Waals surface area contributed by atoms with E-state index >= 15 is 0 Å². The van der Waals surface area contributed by atoms with Crippen LogP contribution in [-0.2, 0) is 4.79 Å². The molecule has 0 aromatic heterocycles. The van der Waals surface area contributed by atoms with Crippen LogP contribution < -0.4 is 10.1 Å². The van der Waals surface area contributed by atoms with Crippen molar-refractivity contribution in [1.29, 1.82) is 0 Å². The van der Waals surface area contributed by atoms with Crippen molar-refractivity contribution in [3.63, 3.8) is 0 Å². The van der Waals surface area contributed by atoms with Crippen molar-refractivity contribution in [2.24, 2.45) is 5.92 Å². The van der Waals surface area contributed by atoms with Gasteiger partial charge < -0.3 is 10.1 Å². The highest BCUT2D eigenvalue weighted by molar-refractivity contribution is 5.75.